The van der Waals surface area contributed by atoms with Gasteiger partial charge in [0, 0.05) is 6.07 Å². The van der Waals surface area contributed by atoms with Crippen LogP contribution in [-0.2, 0) is 6.18 Å². The molecule has 3 nitrogen and oxygen atoms in total. The number of aromatic amines is 1. The van der Waals surface area contributed by atoms with Gasteiger partial charge in [-0.25, -0.2) is 4.68 Å². The first-order valence-electron chi connectivity index (χ1n) is 4.87. The van der Waals surface area contributed by atoms with Crippen molar-refractivity contribution in [1.82, 2.24) is 9.78 Å². The summed E-state index contributed by atoms with van der Waals surface area (Å²) in [6.45, 7) is 0. The van der Waals surface area contributed by atoms with E-state index in [9.17, 15) is 18.0 Å². The Labute approximate surface area is 83.9 Å². The molecule has 15 heavy (non-hydrogen) atoms. The van der Waals surface area contributed by atoms with Gasteiger partial charge in [0.2, 0.25) is 0 Å². The summed E-state index contributed by atoms with van der Waals surface area (Å²) in [6, 6.07) is 0.534. The first-order valence-corrected chi connectivity index (χ1v) is 4.87. The van der Waals surface area contributed by atoms with E-state index in [0.717, 1.165) is 30.4 Å². The van der Waals surface area contributed by atoms with Crippen LogP contribution < -0.4 is 5.56 Å². The monoisotopic (exact) mass is 220 g/mol. The molecule has 0 radical (unpaired) electrons. The van der Waals surface area contributed by atoms with Gasteiger partial charge in [-0.15, -0.1) is 0 Å². The van der Waals surface area contributed by atoms with Crippen LogP contribution in [0.2, 0.25) is 0 Å². The van der Waals surface area contributed by atoms with Crippen LogP contribution in [0.3, 0.4) is 0 Å². The fourth-order valence-electron chi connectivity index (χ4n) is 1.99. The Hall–Kier alpha value is -1.20. The molecule has 0 aliphatic heterocycles. The van der Waals surface area contributed by atoms with E-state index >= 15 is 0 Å². The third kappa shape index (κ3) is 1.93. The summed E-state index contributed by atoms with van der Waals surface area (Å²) in [7, 11) is 0. The van der Waals surface area contributed by atoms with Gasteiger partial charge in [0.15, 0.2) is 0 Å². The lowest BCUT2D eigenvalue weighted by Gasteiger charge is -2.10. The number of H-pyrrole nitrogens is 1. The molecule has 1 aliphatic rings. The lowest BCUT2D eigenvalue weighted by Crippen LogP contribution is -2.20. The zero-order valence-corrected chi connectivity index (χ0v) is 7.97. The number of nitrogens with zero attached hydrogens (tertiary/aromatic N) is 1. The van der Waals surface area contributed by atoms with E-state index in [1.807, 2.05) is 0 Å². The average Bonchev–Trinajstić information content (AvgIpc) is 2.69. The average molecular weight is 220 g/mol. The molecule has 0 spiro atoms. The van der Waals surface area contributed by atoms with Crippen LogP contribution in [0.15, 0.2) is 10.9 Å². The molecule has 1 aromatic heterocycles. The molecule has 0 atom stereocenters. The largest absolute Gasteiger partial charge is 0.432 e. The fraction of sp³-hybridized carbons (Fsp3) is 0.667. The third-order valence-electron chi connectivity index (χ3n) is 2.74. The molecule has 0 unspecified atom stereocenters. The van der Waals surface area contributed by atoms with Crippen molar-refractivity contribution in [1.29, 1.82) is 0 Å². The van der Waals surface area contributed by atoms with E-state index in [0.29, 0.717) is 6.07 Å². The Morgan fingerprint density at radius 1 is 1.33 bits per heavy atom. The normalized spacial score (nSPS) is 18.6. The molecule has 0 aromatic carbocycles. The van der Waals surface area contributed by atoms with Gasteiger partial charge in [0.1, 0.15) is 5.69 Å². The van der Waals surface area contributed by atoms with E-state index in [2.05, 4.69) is 5.10 Å². The maximum Gasteiger partial charge on any atom is 0.432 e. The predicted molar refractivity (Wildman–Crippen MR) is 47.6 cm³/mol. The summed E-state index contributed by atoms with van der Waals surface area (Å²) in [5.74, 6) is 0. The number of halogens is 3. The SMILES string of the molecule is O=c1cc(C(F)(F)F)[nH]n1C1CCCC1. The van der Waals surface area contributed by atoms with E-state index in [1.54, 1.807) is 0 Å². The standard InChI is InChI=1S/C9H11F3N2O/c10-9(11,12)7-5-8(15)14(13-7)6-3-1-2-4-6/h5-6,13H,1-4H2. The maximum atomic E-state index is 12.3. The summed E-state index contributed by atoms with van der Waals surface area (Å²) >= 11 is 0. The van der Waals surface area contributed by atoms with Crippen LogP contribution in [0, 0.1) is 0 Å². The summed E-state index contributed by atoms with van der Waals surface area (Å²) < 4.78 is 38.0. The molecule has 1 heterocycles. The molecule has 6 heteroatoms. The summed E-state index contributed by atoms with van der Waals surface area (Å²) in [5.41, 5.74) is -1.55. The molecule has 1 aliphatic carbocycles. The Morgan fingerprint density at radius 2 is 1.93 bits per heavy atom. The van der Waals surface area contributed by atoms with Crippen LogP contribution in [0.5, 0.6) is 0 Å². The van der Waals surface area contributed by atoms with Gasteiger partial charge >= 0.3 is 6.18 Å². The Balaban J connectivity index is 2.33. The quantitative estimate of drug-likeness (QED) is 0.774. The van der Waals surface area contributed by atoms with Crippen molar-refractivity contribution in [3.63, 3.8) is 0 Å². The number of alkyl halides is 3. The number of hydrogen-bond acceptors (Lipinski definition) is 1. The van der Waals surface area contributed by atoms with Crippen LogP contribution in [0.1, 0.15) is 37.4 Å². The third-order valence-corrected chi connectivity index (χ3v) is 2.74. The Bertz CT molecular complexity index is 398. The summed E-state index contributed by atoms with van der Waals surface area (Å²) in [4.78, 5) is 11.3. The van der Waals surface area contributed by atoms with E-state index < -0.39 is 17.4 Å². The van der Waals surface area contributed by atoms with Crippen molar-refractivity contribution < 1.29 is 13.2 Å². The van der Waals surface area contributed by atoms with E-state index in [1.165, 1.54) is 0 Å². The molecule has 1 N–H and O–H groups in total. The van der Waals surface area contributed by atoms with Gasteiger partial charge in [-0.05, 0) is 12.8 Å². The molecule has 1 fully saturated rings. The van der Waals surface area contributed by atoms with Gasteiger partial charge in [-0.2, -0.15) is 13.2 Å². The second kappa shape index (κ2) is 3.43. The Morgan fingerprint density at radius 3 is 2.40 bits per heavy atom. The lowest BCUT2D eigenvalue weighted by atomic mass is 10.3. The minimum absolute atomic E-state index is 0.0893. The highest BCUT2D eigenvalue weighted by Crippen LogP contribution is 2.30. The lowest BCUT2D eigenvalue weighted by molar-refractivity contribution is -0.141. The van der Waals surface area contributed by atoms with Crippen molar-refractivity contribution in [2.75, 3.05) is 0 Å². The molecule has 2 rings (SSSR count). The minimum Gasteiger partial charge on any atom is -0.291 e. The smallest absolute Gasteiger partial charge is 0.291 e. The predicted octanol–water partition coefficient (Wildman–Crippen LogP) is 2.31. The van der Waals surface area contributed by atoms with Gasteiger partial charge in [0.05, 0.1) is 6.04 Å². The molecular formula is C9H11F3N2O. The highest BCUT2D eigenvalue weighted by molar-refractivity contribution is 5.04. The Kier molecular flexibility index (Phi) is 2.36. The van der Waals surface area contributed by atoms with Crippen molar-refractivity contribution in [3.8, 4) is 0 Å². The van der Waals surface area contributed by atoms with E-state index in [-0.39, 0.29) is 6.04 Å². The second-order valence-corrected chi connectivity index (χ2v) is 3.81. The zero-order chi connectivity index (χ0) is 11.1. The van der Waals surface area contributed by atoms with Crippen LogP contribution in [0.4, 0.5) is 13.2 Å². The topological polar surface area (TPSA) is 37.8 Å². The van der Waals surface area contributed by atoms with Crippen LogP contribution in [-0.4, -0.2) is 9.78 Å². The molecule has 0 amide bonds. The number of hydrogen-bond donors (Lipinski definition) is 1. The maximum absolute atomic E-state index is 12.3. The first-order chi connectivity index (χ1) is 6.98. The minimum atomic E-state index is -4.47. The van der Waals surface area contributed by atoms with Crippen LogP contribution in [0.25, 0.3) is 0 Å². The highest BCUT2D eigenvalue weighted by atomic mass is 19.4. The number of nitrogens with one attached hydrogen (secondary N) is 1. The summed E-state index contributed by atoms with van der Waals surface area (Å²) in [6.07, 6.45) is -0.979. The van der Waals surface area contributed by atoms with Crippen molar-refractivity contribution in [2.24, 2.45) is 0 Å². The highest BCUT2D eigenvalue weighted by Gasteiger charge is 2.34. The first kappa shape index (κ1) is 10.3. The van der Waals surface area contributed by atoms with Gasteiger partial charge in [-0.3, -0.25) is 9.89 Å². The van der Waals surface area contributed by atoms with Gasteiger partial charge in [-0.1, -0.05) is 12.8 Å². The van der Waals surface area contributed by atoms with Gasteiger partial charge < -0.3 is 0 Å². The molecule has 0 saturated heterocycles. The second-order valence-electron chi connectivity index (χ2n) is 3.81. The molecular weight excluding hydrogens is 209 g/mol. The van der Waals surface area contributed by atoms with Crippen molar-refractivity contribution >= 4 is 0 Å². The number of rotatable bonds is 1. The molecule has 1 aromatic rings. The molecule has 84 valence electrons. The van der Waals surface area contributed by atoms with Crippen LogP contribution >= 0.6 is 0 Å². The fourth-order valence-corrected chi connectivity index (χ4v) is 1.99. The number of aromatic nitrogens is 2. The van der Waals surface area contributed by atoms with Gasteiger partial charge in [0.25, 0.3) is 5.56 Å². The molecule has 0 bridgehead atoms. The molecule has 1 saturated carbocycles. The van der Waals surface area contributed by atoms with E-state index in [4.69, 9.17) is 0 Å². The summed E-state index contributed by atoms with van der Waals surface area (Å²) in [5, 5.41) is 2.14. The zero-order valence-electron chi connectivity index (χ0n) is 7.97. The van der Waals surface area contributed by atoms with Crippen molar-refractivity contribution in [3.05, 3.63) is 22.1 Å². The van der Waals surface area contributed by atoms with Crippen molar-refractivity contribution in [2.45, 2.75) is 37.9 Å².